The zero-order valence-corrected chi connectivity index (χ0v) is 22.8. The summed E-state index contributed by atoms with van der Waals surface area (Å²) in [6.07, 6.45) is 0. The minimum atomic E-state index is -0.737. The van der Waals surface area contributed by atoms with E-state index in [9.17, 15) is 14.4 Å². The zero-order valence-electron chi connectivity index (χ0n) is 22.8. The lowest BCUT2D eigenvalue weighted by atomic mass is 9.83. The molecule has 1 atom stereocenters. The quantitative estimate of drug-likeness (QED) is 0.173. The van der Waals surface area contributed by atoms with Crippen LogP contribution in [0.5, 0.6) is 17.2 Å². The molecule has 0 spiro atoms. The molecule has 2 N–H and O–H groups in total. The number of esters is 1. The number of hydrogen-bond donors (Lipinski definition) is 1. The van der Waals surface area contributed by atoms with Crippen LogP contribution in [-0.2, 0) is 6.61 Å². The standard InChI is InChI=1S/C34H25FN2O5/c1-19-3-5-21(6-4-19)18-39-24-10-7-22(8-11-24)31-26-13-12-25(16-30(26)42-33(37)28(31)17-36)40-34(38)32-20(2)27-15-23(35)9-14-29(27)41-32/h3-16,31H,18,37H2,1-2H3. The van der Waals surface area contributed by atoms with Crippen LogP contribution in [0.15, 0.2) is 101 Å². The Kier molecular flexibility index (Phi) is 6.85. The summed E-state index contributed by atoms with van der Waals surface area (Å²) >= 11 is 0. The largest absolute Gasteiger partial charge is 0.489 e. The molecule has 7 nitrogen and oxygen atoms in total. The summed E-state index contributed by atoms with van der Waals surface area (Å²) in [4.78, 5) is 13.0. The SMILES string of the molecule is Cc1ccc(COc2ccc(C3C(C#N)=C(N)Oc4cc(OC(=O)c5oc6ccc(F)cc6c5C)ccc43)cc2)cc1. The van der Waals surface area contributed by atoms with Crippen LogP contribution in [0, 0.1) is 31.0 Å². The first-order valence-electron chi connectivity index (χ1n) is 13.2. The third kappa shape index (κ3) is 5.04. The van der Waals surface area contributed by atoms with Crippen molar-refractivity contribution in [2.45, 2.75) is 26.4 Å². The first-order chi connectivity index (χ1) is 20.3. The minimum Gasteiger partial charge on any atom is -0.489 e. The average molecular weight is 561 g/mol. The van der Waals surface area contributed by atoms with Gasteiger partial charge in [-0.05, 0) is 61.4 Å². The summed E-state index contributed by atoms with van der Waals surface area (Å²) in [6.45, 7) is 4.13. The van der Waals surface area contributed by atoms with Gasteiger partial charge in [0.05, 0.1) is 5.92 Å². The molecule has 0 saturated carbocycles. The molecule has 1 aliphatic rings. The van der Waals surface area contributed by atoms with Crippen LogP contribution in [0.3, 0.4) is 0 Å². The maximum absolute atomic E-state index is 13.7. The molecule has 208 valence electrons. The Morgan fingerprint density at radius 1 is 0.976 bits per heavy atom. The molecule has 0 saturated heterocycles. The van der Waals surface area contributed by atoms with Crippen molar-refractivity contribution in [2.75, 3.05) is 0 Å². The second kappa shape index (κ2) is 10.8. The van der Waals surface area contributed by atoms with Crippen LogP contribution in [0.25, 0.3) is 11.0 Å². The van der Waals surface area contributed by atoms with Gasteiger partial charge in [-0.3, -0.25) is 0 Å². The van der Waals surface area contributed by atoms with E-state index >= 15 is 0 Å². The number of hydrogen-bond acceptors (Lipinski definition) is 7. The molecule has 0 aliphatic carbocycles. The van der Waals surface area contributed by atoms with E-state index in [4.69, 9.17) is 24.4 Å². The van der Waals surface area contributed by atoms with E-state index in [0.717, 1.165) is 11.1 Å². The molecular weight excluding hydrogens is 535 g/mol. The molecule has 0 bridgehead atoms. The van der Waals surface area contributed by atoms with E-state index in [1.54, 1.807) is 19.1 Å². The van der Waals surface area contributed by atoms with Crippen LogP contribution in [0.1, 0.15) is 44.3 Å². The molecule has 8 heteroatoms. The van der Waals surface area contributed by atoms with Crippen molar-refractivity contribution < 1.29 is 27.8 Å². The fourth-order valence-corrected chi connectivity index (χ4v) is 4.99. The van der Waals surface area contributed by atoms with Gasteiger partial charge in [-0.15, -0.1) is 0 Å². The fourth-order valence-electron chi connectivity index (χ4n) is 4.99. The second-order valence-electron chi connectivity index (χ2n) is 10.1. The van der Waals surface area contributed by atoms with Crippen LogP contribution in [0.4, 0.5) is 4.39 Å². The molecule has 4 aromatic carbocycles. The van der Waals surface area contributed by atoms with Gasteiger partial charge in [0.2, 0.25) is 11.6 Å². The van der Waals surface area contributed by atoms with E-state index < -0.39 is 17.7 Å². The predicted octanol–water partition coefficient (Wildman–Crippen LogP) is 7.21. The Balaban J connectivity index is 1.24. The van der Waals surface area contributed by atoms with Gasteiger partial charge in [0.1, 0.15) is 46.9 Å². The number of fused-ring (bicyclic) bond motifs is 2. The molecule has 1 unspecified atom stereocenters. The lowest BCUT2D eigenvalue weighted by Gasteiger charge is -2.26. The highest BCUT2D eigenvalue weighted by atomic mass is 19.1. The third-order valence-corrected chi connectivity index (χ3v) is 7.22. The second-order valence-corrected chi connectivity index (χ2v) is 10.1. The van der Waals surface area contributed by atoms with Gasteiger partial charge < -0.3 is 24.4 Å². The van der Waals surface area contributed by atoms with Gasteiger partial charge in [0, 0.05) is 22.6 Å². The van der Waals surface area contributed by atoms with E-state index in [2.05, 4.69) is 6.07 Å². The number of furan rings is 1. The van der Waals surface area contributed by atoms with Gasteiger partial charge >= 0.3 is 5.97 Å². The third-order valence-electron chi connectivity index (χ3n) is 7.22. The molecule has 0 amide bonds. The monoisotopic (exact) mass is 560 g/mol. The van der Waals surface area contributed by atoms with Gasteiger partial charge in [-0.25, -0.2) is 9.18 Å². The highest BCUT2D eigenvalue weighted by Crippen LogP contribution is 2.44. The maximum atomic E-state index is 13.7. The highest BCUT2D eigenvalue weighted by molar-refractivity contribution is 5.96. The Morgan fingerprint density at radius 3 is 2.45 bits per heavy atom. The van der Waals surface area contributed by atoms with Crippen molar-refractivity contribution in [1.82, 2.24) is 0 Å². The number of benzene rings is 4. The molecule has 1 aromatic heterocycles. The van der Waals surface area contributed by atoms with E-state index in [0.29, 0.717) is 40.2 Å². The number of nitriles is 1. The Hall–Kier alpha value is -5.55. The fraction of sp³-hybridized carbons (Fsp3) is 0.118. The van der Waals surface area contributed by atoms with E-state index in [1.807, 2.05) is 55.5 Å². The Labute approximate surface area is 241 Å². The number of ether oxygens (including phenoxy) is 3. The van der Waals surface area contributed by atoms with Gasteiger partial charge in [-0.2, -0.15) is 5.26 Å². The van der Waals surface area contributed by atoms with E-state index in [-0.39, 0.29) is 23.0 Å². The van der Waals surface area contributed by atoms with Crippen LogP contribution < -0.4 is 19.9 Å². The Bertz CT molecular complexity index is 1900. The van der Waals surface area contributed by atoms with Crippen molar-refractivity contribution in [3.63, 3.8) is 0 Å². The average Bonchev–Trinajstić information content (AvgIpc) is 3.32. The number of halogens is 1. The van der Waals surface area contributed by atoms with Gasteiger partial charge in [0.15, 0.2) is 0 Å². The number of carbonyl (C=O) groups excluding carboxylic acids is 1. The summed E-state index contributed by atoms with van der Waals surface area (Å²) < 4.78 is 36.6. The number of rotatable bonds is 6. The molecule has 42 heavy (non-hydrogen) atoms. The lowest BCUT2D eigenvalue weighted by Crippen LogP contribution is -2.21. The normalized spacial score (nSPS) is 14.2. The molecule has 5 aromatic rings. The first-order valence-corrected chi connectivity index (χ1v) is 13.2. The van der Waals surface area contributed by atoms with Crippen LogP contribution in [-0.4, -0.2) is 5.97 Å². The molecule has 0 radical (unpaired) electrons. The smallest absolute Gasteiger partial charge is 0.379 e. The number of carbonyl (C=O) groups is 1. The molecule has 0 fully saturated rings. The van der Waals surface area contributed by atoms with Gasteiger partial charge in [0.25, 0.3) is 0 Å². The van der Waals surface area contributed by atoms with Crippen molar-refractivity contribution in [1.29, 1.82) is 5.26 Å². The van der Waals surface area contributed by atoms with Crippen molar-refractivity contribution in [3.05, 3.63) is 136 Å². The van der Waals surface area contributed by atoms with Crippen LogP contribution in [0.2, 0.25) is 0 Å². The van der Waals surface area contributed by atoms with Crippen molar-refractivity contribution >= 4 is 16.9 Å². The summed E-state index contributed by atoms with van der Waals surface area (Å²) in [5.74, 6) is -0.494. The minimum absolute atomic E-state index is 0.0250. The molecule has 6 rings (SSSR count). The Morgan fingerprint density at radius 2 is 1.71 bits per heavy atom. The summed E-state index contributed by atoms with van der Waals surface area (Å²) in [5, 5.41) is 10.4. The summed E-state index contributed by atoms with van der Waals surface area (Å²) in [5.41, 5.74) is 11.0. The number of nitrogens with two attached hydrogens (primary N) is 1. The number of allylic oxidation sites excluding steroid dienone is 1. The maximum Gasteiger partial charge on any atom is 0.379 e. The summed E-state index contributed by atoms with van der Waals surface area (Å²) in [7, 11) is 0. The first kappa shape index (κ1) is 26.7. The summed E-state index contributed by atoms with van der Waals surface area (Å²) in [6, 6.07) is 26.7. The highest BCUT2D eigenvalue weighted by Gasteiger charge is 2.31. The lowest BCUT2D eigenvalue weighted by molar-refractivity contribution is 0.0702. The molecular formula is C34H25FN2O5. The van der Waals surface area contributed by atoms with Crippen molar-refractivity contribution in [3.8, 4) is 23.3 Å². The van der Waals surface area contributed by atoms with Crippen LogP contribution >= 0.6 is 0 Å². The van der Waals surface area contributed by atoms with Crippen molar-refractivity contribution in [2.24, 2.45) is 5.73 Å². The molecule has 1 aliphatic heterocycles. The predicted molar refractivity (Wildman–Crippen MR) is 154 cm³/mol. The topological polar surface area (TPSA) is 108 Å². The van der Waals surface area contributed by atoms with Gasteiger partial charge in [-0.1, -0.05) is 48.0 Å². The molecule has 2 heterocycles. The number of aryl methyl sites for hydroxylation is 2. The zero-order chi connectivity index (χ0) is 29.4. The number of nitrogens with zero attached hydrogens (tertiary/aromatic N) is 1. The van der Waals surface area contributed by atoms with E-state index in [1.165, 1.54) is 29.8 Å².